The average molecular weight is 282 g/mol. The fraction of sp³-hybridized carbons (Fsp3) is 0.417. The summed E-state index contributed by atoms with van der Waals surface area (Å²) >= 11 is 0. The van der Waals surface area contributed by atoms with E-state index in [-0.39, 0.29) is 0 Å². The largest absolute Gasteiger partial charge is 0.451 e. The van der Waals surface area contributed by atoms with E-state index in [4.69, 9.17) is 4.74 Å². The second-order valence-electron chi connectivity index (χ2n) is 4.07. The summed E-state index contributed by atoms with van der Waals surface area (Å²) in [6, 6.07) is -0.642. The lowest BCUT2D eigenvalue weighted by molar-refractivity contribution is -0.182. The van der Waals surface area contributed by atoms with Crippen molar-refractivity contribution in [2.75, 3.05) is 21.3 Å². The van der Waals surface area contributed by atoms with Gasteiger partial charge in [0.05, 0.1) is 20.3 Å². The van der Waals surface area contributed by atoms with Gasteiger partial charge in [0.1, 0.15) is 0 Å². The van der Waals surface area contributed by atoms with E-state index in [0.29, 0.717) is 0 Å². The summed E-state index contributed by atoms with van der Waals surface area (Å²) < 4.78 is 14.5. The summed E-state index contributed by atoms with van der Waals surface area (Å²) in [5, 5.41) is 1.78. The minimum absolute atomic E-state index is 0.504. The van der Waals surface area contributed by atoms with Gasteiger partial charge in [0, 0.05) is 7.11 Å². The van der Waals surface area contributed by atoms with E-state index in [0.717, 1.165) is 17.1 Å². The maximum Gasteiger partial charge on any atom is 0.432 e. The van der Waals surface area contributed by atoms with Gasteiger partial charge in [-0.1, -0.05) is 12.2 Å². The molecule has 0 spiro atoms. The van der Waals surface area contributed by atoms with E-state index in [1.54, 1.807) is 6.08 Å². The van der Waals surface area contributed by atoms with Gasteiger partial charge in [0.2, 0.25) is 11.5 Å². The Morgan fingerprint density at radius 1 is 1.15 bits per heavy atom. The van der Waals surface area contributed by atoms with Crippen molar-refractivity contribution in [3.8, 4) is 0 Å². The summed E-state index contributed by atoms with van der Waals surface area (Å²) in [6.07, 6.45) is 3.98. The number of hydrazine groups is 1. The number of ether oxygens (including phenoxy) is 3. The molecule has 2 heterocycles. The second kappa shape index (κ2) is 4.97. The van der Waals surface area contributed by atoms with Gasteiger partial charge in [-0.15, -0.1) is 0 Å². The molecule has 0 saturated heterocycles. The number of ketones is 1. The number of rotatable bonds is 1. The summed E-state index contributed by atoms with van der Waals surface area (Å²) in [5.74, 6) is -0.504. The maximum absolute atomic E-state index is 12.2. The molecular formula is C12H14N2O6. The normalized spacial score (nSPS) is 27.6. The van der Waals surface area contributed by atoms with Crippen LogP contribution in [0.2, 0.25) is 0 Å². The first-order valence-corrected chi connectivity index (χ1v) is 5.74. The van der Waals surface area contributed by atoms with Crippen molar-refractivity contribution in [2.24, 2.45) is 0 Å². The molecule has 0 N–H and O–H groups in total. The van der Waals surface area contributed by atoms with Crippen molar-refractivity contribution in [1.82, 2.24) is 10.0 Å². The SMILES string of the molecule is COC(=O)N1[C@@H]2C=CC(=O)[C@@](OC)(C=C2)N1C(=O)OC. The van der Waals surface area contributed by atoms with Crippen LogP contribution in [0.25, 0.3) is 0 Å². The zero-order valence-corrected chi connectivity index (χ0v) is 11.2. The lowest BCUT2D eigenvalue weighted by Crippen LogP contribution is -2.67. The highest BCUT2D eigenvalue weighted by Gasteiger charge is 2.55. The fourth-order valence-electron chi connectivity index (χ4n) is 2.17. The van der Waals surface area contributed by atoms with Crippen LogP contribution in [-0.2, 0) is 19.0 Å². The third-order valence-electron chi connectivity index (χ3n) is 3.15. The number of hydrogen-bond donors (Lipinski definition) is 0. The first kappa shape index (κ1) is 14.1. The number of carbonyl (C=O) groups excluding carboxylic acids is 3. The molecule has 20 heavy (non-hydrogen) atoms. The molecule has 0 aromatic rings. The van der Waals surface area contributed by atoms with E-state index in [1.807, 2.05) is 0 Å². The average Bonchev–Trinajstić information content (AvgIpc) is 2.72. The van der Waals surface area contributed by atoms with Crippen LogP contribution in [0.5, 0.6) is 0 Å². The lowest BCUT2D eigenvalue weighted by atomic mass is 10.1. The van der Waals surface area contributed by atoms with Gasteiger partial charge in [-0.05, 0) is 12.2 Å². The van der Waals surface area contributed by atoms with Crippen molar-refractivity contribution >= 4 is 18.0 Å². The number of nitrogens with zero attached hydrogens (tertiary/aromatic N) is 2. The molecule has 0 radical (unpaired) electrons. The van der Waals surface area contributed by atoms with Crippen LogP contribution in [0, 0.1) is 0 Å². The number of methoxy groups -OCH3 is 3. The Hall–Kier alpha value is -2.35. The van der Waals surface area contributed by atoms with Crippen LogP contribution in [0.1, 0.15) is 0 Å². The summed E-state index contributed by atoms with van der Waals surface area (Å²) in [4.78, 5) is 36.2. The summed E-state index contributed by atoms with van der Waals surface area (Å²) in [6.45, 7) is 0. The van der Waals surface area contributed by atoms with Crippen LogP contribution in [-0.4, -0.2) is 61.1 Å². The highest BCUT2D eigenvalue weighted by molar-refractivity contribution is 6.02. The van der Waals surface area contributed by atoms with E-state index < -0.39 is 29.7 Å². The molecule has 0 aromatic heterocycles. The minimum Gasteiger partial charge on any atom is -0.451 e. The molecule has 0 saturated carbocycles. The highest BCUT2D eigenvalue weighted by Crippen LogP contribution is 2.33. The second-order valence-corrected chi connectivity index (χ2v) is 4.07. The zero-order chi connectivity index (χ0) is 14.9. The monoisotopic (exact) mass is 282 g/mol. The number of amides is 2. The third-order valence-corrected chi connectivity index (χ3v) is 3.15. The van der Waals surface area contributed by atoms with Gasteiger partial charge < -0.3 is 14.2 Å². The maximum atomic E-state index is 12.2. The van der Waals surface area contributed by atoms with Gasteiger partial charge in [0.15, 0.2) is 0 Å². The molecule has 2 aliphatic heterocycles. The predicted octanol–water partition coefficient (Wildman–Crippen LogP) is 0.458. The Bertz CT molecular complexity index is 514. The zero-order valence-electron chi connectivity index (χ0n) is 11.2. The van der Waals surface area contributed by atoms with Crippen LogP contribution >= 0.6 is 0 Å². The molecule has 3 rings (SSSR count). The first-order valence-electron chi connectivity index (χ1n) is 5.74. The van der Waals surface area contributed by atoms with Crippen molar-refractivity contribution < 1.29 is 28.6 Å². The molecular weight excluding hydrogens is 268 g/mol. The van der Waals surface area contributed by atoms with E-state index in [2.05, 4.69) is 9.47 Å². The first-order chi connectivity index (χ1) is 9.51. The number of carbonyl (C=O) groups is 3. The molecule has 0 fully saturated rings. The van der Waals surface area contributed by atoms with Gasteiger partial charge in [-0.2, -0.15) is 10.0 Å². The van der Waals surface area contributed by atoms with Crippen molar-refractivity contribution in [3.63, 3.8) is 0 Å². The van der Waals surface area contributed by atoms with E-state index >= 15 is 0 Å². The number of fused-ring (bicyclic) bond motifs is 2. The quantitative estimate of drug-likeness (QED) is 0.649. The molecule has 0 aromatic carbocycles. The Labute approximate surface area is 115 Å². The Morgan fingerprint density at radius 3 is 2.35 bits per heavy atom. The third kappa shape index (κ3) is 1.76. The lowest BCUT2D eigenvalue weighted by Gasteiger charge is -2.45. The Kier molecular flexibility index (Phi) is 3.49. The summed E-state index contributed by atoms with van der Waals surface area (Å²) in [7, 11) is 3.57. The van der Waals surface area contributed by atoms with E-state index in [1.165, 1.54) is 32.4 Å². The molecule has 8 heteroatoms. The summed E-state index contributed by atoms with van der Waals surface area (Å²) in [5.41, 5.74) is -1.76. The molecule has 0 unspecified atom stereocenters. The van der Waals surface area contributed by atoms with Crippen LogP contribution in [0.15, 0.2) is 24.3 Å². The standard InChI is InChI=1S/C12H14N2O6/c1-18-10(16)13-8-4-5-9(15)12(20-3,7-6-8)14(13)11(17)19-2/h4-8H,1-3H3/t8-,12+/m1/s1. The predicted molar refractivity (Wildman–Crippen MR) is 65.3 cm³/mol. The fourth-order valence-corrected chi connectivity index (χ4v) is 2.17. The Balaban J connectivity index is 2.61. The van der Waals surface area contributed by atoms with Gasteiger partial charge in [0.25, 0.3) is 0 Å². The van der Waals surface area contributed by atoms with Gasteiger partial charge >= 0.3 is 12.2 Å². The molecule has 2 bridgehead atoms. The van der Waals surface area contributed by atoms with Crippen molar-refractivity contribution in [2.45, 2.75) is 11.8 Å². The molecule has 8 nitrogen and oxygen atoms in total. The molecule has 2 atom stereocenters. The van der Waals surface area contributed by atoms with Gasteiger partial charge in [-0.3, -0.25) is 4.79 Å². The van der Waals surface area contributed by atoms with Crippen molar-refractivity contribution in [1.29, 1.82) is 0 Å². The molecule has 1 aliphatic carbocycles. The molecule has 3 aliphatic rings. The molecule has 2 amide bonds. The van der Waals surface area contributed by atoms with Crippen LogP contribution in [0.3, 0.4) is 0 Å². The molecule has 108 valence electrons. The van der Waals surface area contributed by atoms with E-state index in [9.17, 15) is 14.4 Å². The smallest absolute Gasteiger partial charge is 0.432 e. The minimum atomic E-state index is -1.76. The number of hydrogen-bond acceptors (Lipinski definition) is 6. The van der Waals surface area contributed by atoms with Crippen LogP contribution < -0.4 is 0 Å². The van der Waals surface area contributed by atoms with Crippen LogP contribution in [0.4, 0.5) is 9.59 Å². The van der Waals surface area contributed by atoms with Gasteiger partial charge in [-0.25, -0.2) is 9.59 Å². The van der Waals surface area contributed by atoms with Crippen molar-refractivity contribution in [3.05, 3.63) is 24.3 Å². The topological polar surface area (TPSA) is 85.4 Å². The Morgan fingerprint density at radius 2 is 1.80 bits per heavy atom. The highest BCUT2D eigenvalue weighted by atomic mass is 16.6.